The molecule has 1 atom stereocenters. The van der Waals surface area contributed by atoms with Gasteiger partial charge in [-0.25, -0.2) is 4.79 Å². The fourth-order valence-electron chi connectivity index (χ4n) is 2.33. The predicted molar refractivity (Wildman–Crippen MR) is 94.1 cm³/mol. The molecule has 0 bridgehead atoms. The quantitative estimate of drug-likeness (QED) is 0.815. The summed E-state index contributed by atoms with van der Waals surface area (Å²) < 4.78 is 10.1. The lowest BCUT2D eigenvalue weighted by Crippen LogP contribution is -2.30. The molecule has 2 aromatic carbocycles. The van der Waals surface area contributed by atoms with Gasteiger partial charge < -0.3 is 19.9 Å². The summed E-state index contributed by atoms with van der Waals surface area (Å²) in [6, 6.07) is 9.88. The smallest absolute Gasteiger partial charge is 0.342 e. The minimum absolute atomic E-state index is 0.0347. The van der Waals surface area contributed by atoms with E-state index in [1.54, 1.807) is 0 Å². The van der Waals surface area contributed by atoms with Gasteiger partial charge in [-0.05, 0) is 44.0 Å². The molecule has 132 valence electrons. The maximum atomic E-state index is 12.3. The summed E-state index contributed by atoms with van der Waals surface area (Å²) in [4.78, 5) is 24.5. The van der Waals surface area contributed by atoms with E-state index >= 15 is 0 Å². The van der Waals surface area contributed by atoms with Crippen molar-refractivity contribution in [2.75, 3.05) is 12.4 Å². The SMILES string of the molecule is COc1ccc(C(=O)O[C@H](C)C(=O)Nc2c(C)cccc2C)c(O)c1. The summed E-state index contributed by atoms with van der Waals surface area (Å²) in [5, 5.41) is 12.6. The second kappa shape index (κ2) is 7.70. The van der Waals surface area contributed by atoms with Crippen LogP contribution >= 0.6 is 0 Å². The molecule has 0 fully saturated rings. The fourth-order valence-corrected chi connectivity index (χ4v) is 2.33. The Morgan fingerprint density at radius 1 is 1.12 bits per heavy atom. The Morgan fingerprint density at radius 3 is 2.32 bits per heavy atom. The Labute approximate surface area is 146 Å². The van der Waals surface area contributed by atoms with Gasteiger partial charge in [0, 0.05) is 11.8 Å². The van der Waals surface area contributed by atoms with Gasteiger partial charge in [0.15, 0.2) is 6.10 Å². The molecule has 6 nitrogen and oxygen atoms in total. The highest BCUT2D eigenvalue weighted by Gasteiger charge is 2.22. The average molecular weight is 343 g/mol. The second-order valence-electron chi connectivity index (χ2n) is 5.69. The average Bonchev–Trinajstić information content (AvgIpc) is 2.57. The number of methoxy groups -OCH3 is 1. The topological polar surface area (TPSA) is 84.9 Å². The van der Waals surface area contributed by atoms with Gasteiger partial charge in [0.1, 0.15) is 17.1 Å². The van der Waals surface area contributed by atoms with Crippen molar-refractivity contribution >= 4 is 17.6 Å². The van der Waals surface area contributed by atoms with Crippen molar-refractivity contribution in [2.24, 2.45) is 0 Å². The summed E-state index contributed by atoms with van der Waals surface area (Å²) in [5.41, 5.74) is 2.49. The van der Waals surface area contributed by atoms with E-state index in [0.29, 0.717) is 11.4 Å². The zero-order valence-electron chi connectivity index (χ0n) is 14.6. The Bertz CT molecular complexity index is 780. The van der Waals surface area contributed by atoms with Gasteiger partial charge in [0.25, 0.3) is 5.91 Å². The number of hydrogen-bond acceptors (Lipinski definition) is 5. The van der Waals surface area contributed by atoms with E-state index in [9.17, 15) is 14.7 Å². The number of carbonyl (C=O) groups excluding carboxylic acids is 2. The molecule has 2 rings (SSSR count). The van der Waals surface area contributed by atoms with E-state index in [-0.39, 0.29) is 11.3 Å². The Balaban J connectivity index is 2.07. The lowest BCUT2D eigenvalue weighted by molar-refractivity contribution is -0.123. The Morgan fingerprint density at radius 2 is 1.76 bits per heavy atom. The minimum Gasteiger partial charge on any atom is -0.507 e. The molecule has 0 aliphatic heterocycles. The van der Waals surface area contributed by atoms with Crippen molar-refractivity contribution in [1.82, 2.24) is 0 Å². The zero-order chi connectivity index (χ0) is 18.6. The third kappa shape index (κ3) is 4.29. The molecule has 0 radical (unpaired) electrons. The van der Waals surface area contributed by atoms with Crippen molar-refractivity contribution in [3.63, 3.8) is 0 Å². The number of ether oxygens (including phenoxy) is 2. The molecule has 0 aliphatic carbocycles. The lowest BCUT2D eigenvalue weighted by Gasteiger charge is -2.16. The first-order chi connectivity index (χ1) is 11.8. The first kappa shape index (κ1) is 18.3. The van der Waals surface area contributed by atoms with Crippen LogP contribution in [0.2, 0.25) is 0 Å². The normalized spacial score (nSPS) is 11.5. The number of rotatable bonds is 5. The lowest BCUT2D eigenvalue weighted by atomic mass is 10.1. The largest absolute Gasteiger partial charge is 0.507 e. The number of phenols is 1. The fraction of sp³-hybridized carbons (Fsp3) is 0.263. The zero-order valence-corrected chi connectivity index (χ0v) is 14.6. The number of aromatic hydroxyl groups is 1. The Kier molecular flexibility index (Phi) is 5.64. The number of esters is 1. The number of phenolic OH excluding ortho intramolecular Hbond substituents is 1. The van der Waals surface area contributed by atoms with Crippen LogP contribution in [0, 0.1) is 13.8 Å². The third-order valence-corrected chi connectivity index (χ3v) is 3.81. The molecule has 0 saturated carbocycles. The van der Waals surface area contributed by atoms with Gasteiger partial charge in [-0.3, -0.25) is 4.79 Å². The van der Waals surface area contributed by atoms with Crippen molar-refractivity contribution in [1.29, 1.82) is 0 Å². The molecule has 25 heavy (non-hydrogen) atoms. The number of anilines is 1. The molecule has 0 unspecified atom stereocenters. The van der Waals surface area contributed by atoms with Crippen molar-refractivity contribution in [3.05, 3.63) is 53.1 Å². The van der Waals surface area contributed by atoms with Gasteiger partial charge in [-0.15, -0.1) is 0 Å². The van der Waals surface area contributed by atoms with E-state index in [0.717, 1.165) is 11.1 Å². The minimum atomic E-state index is -1.02. The van der Waals surface area contributed by atoms with Crippen molar-refractivity contribution in [2.45, 2.75) is 26.9 Å². The van der Waals surface area contributed by atoms with E-state index in [4.69, 9.17) is 9.47 Å². The molecule has 2 aromatic rings. The van der Waals surface area contributed by atoms with Crippen LogP contribution in [0.25, 0.3) is 0 Å². The van der Waals surface area contributed by atoms with Crippen LogP contribution in [-0.4, -0.2) is 30.2 Å². The maximum absolute atomic E-state index is 12.3. The highest BCUT2D eigenvalue weighted by atomic mass is 16.5. The number of para-hydroxylation sites is 1. The van der Waals surface area contributed by atoms with E-state index in [1.807, 2.05) is 32.0 Å². The van der Waals surface area contributed by atoms with Crippen LogP contribution in [0.3, 0.4) is 0 Å². The number of nitrogens with one attached hydrogen (secondary N) is 1. The van der Waals surface area contributed by atoms with E-state index in [1.165, 1.54) is 32.2 Å². The molecule has 0 aromatic heterocycles. The van der Waals surface area contributed by atoms with Gasteiger partial charge in [0.05, 0.1) is 7.11 Å². The van der Waals surface area contributed by atoms with Crippen LogP contribution in [0.5, 0.6) is 11.5 Å². The van der Waals surface area contributed by atoms with Crippen LogP contribution in [-0.2, 0) is 9.53 Å². The molecule has 2 N–H and O–H groups in total. The van der Waals surface area contributed by atoms with E-state index in [2.05, 4.69) is 5.32 Å². The van der Waals surface area contributed by atoms with Gasteiger partial charge in [0.2, 0.25) is 0 Å². The summed E-state index contributed by atoms with van der Waals surface area (Å²) >= 11 is 0. The van der Waals surface area contributed by atoms with Crippen LogP contribution in [0.15, 0.2) is 36.4 Å². The van der Waals surface area contributed by atoms with Gasteiger partial charge in [-0.2, -0.15) is 0 Å². The molecular weight excluding hydrogens is 322 g/mol. The first-order valence-corrected chi connectivity index (χ1v) is 7.78. The molecule has 0 spiro atoms. The summed E-state index contributed by atoms with van der Waals surface area (Å²) in [5.74, 6) is -1.09. The van der Waals surface area contributed by atoms with E-state index < -0.39 is 18.0 Å². The Hall–Kier alpha value is -3.02. The second-order valence-corrected chi connectivity index (χ2v) is 5.69. The molecule has 0 aliphatic rings. The van der Waals surface area contributed by atoms with Gasteiger partial charge >= 0.3 is 5.97 Å². The highest BCUT2D eigenvalue weighted by molar-refractivity contribution is 5.99. The van der Waals surface area contributed by atoms with Gasteiger partial charge in [-0.1, -0.05) is 18.2 Å². The molecule has 1 amide bonds. The van der Waals surface area contributed by atoms with Crippen molar-refractivity contribution in [3.8, 4) is 11.5 Å². The monoisotopic (exact) mass is 343 g/mol. The molecule has 0 saturated heterocycles. The number of carbonyl (C=O) groups is 2. The standard InChI is InChI=1S/C19H21NO5/c1-11-6-5-7-12(2)17(11)20-18(22)13(3)25-19(23)15-9-8-14(24-4)10-16(15)21/h5-10,13,21H,1-4H3,(H,20,22)/t13-/m1/s1. The molecule has 6 heteroatoms. The predicted octanol–water partition coefficient (Wildman–Crippen LogP) is 3.20. The number of aryl methyl sites for hydroxylation is 2. The third-order valence-electron chi connectivity index (χ3n) is 3.81. The summed E-state index contributed by atoms with van der Waals surface area (Å²) in [7, 11) is 1.45. The first-order valence-electron chi connectivity index (χ1n) is 7.78. The van der Waals surface area contributed by atoms with Crippen LogP contribution in [0.1, 0.15) is 28.4 Å². The summed E-state index contributed by atoms with van der Waals surface area (Å²) in [6.45, 7) is 5.24. The highest BCUT2D eigenvalue weighted by Crippen LogP contribution is 2.25. The molecule has 0 heterocycles. The maximum Gasteiger partial charge on any atom is 0.342 e. The molecular formula is C19H21NO5. The van der Waals surface area contributed by atoms with Crippen LogP contribution < -0.4 is 10.1 Å². The van der Waals surface area contributed by atoms with Crippen LogP contribution in [0.4, 0.5) is 5.69 Å². The number of benzene rings is 2. The van der Waals surface area contributed by atoms with Crippen molar-refractivity contribution < 1.29 is 24.2 Å². The number of hydrogen-bond donors (Lipinski definition) is 2. The summed E-state index contributed by atoms with van der Waals surface area (Å²) in [6.07, 6.45) is -1.02. The number of amides is 1.